The van der Waals surface area contributed by atoms with E-state index in [1.54, 1.807) is 12.1 Å². The number of nitrogens with zero attached hydrogens (tertiary/aromatic N) is 1. The molecule has 4 rings (SSSR count). The number of para-hydroxylation sites is 1. The molecule has 5 heteroatoms. The minimum atomic E-state index is -0.245. The zero-order valence-corrected chi connectivity index (χ0v) is 16.3. The van der Waals surface area contributed by atoms with Crippen LogP contribution in [0.5, 0.6) is 0 Å². The van der Waals surface area contributed by atoms with Crippen LogP contribution < -0.4 is 5.46 Å². The Kier molecular flexibility index (Phi) is 5.79. The maximum Gasteiger partial charge on any atom is 0.158 e. The first kappa shape index (κ1) is 19.2. The Morgan fingerprint density at radius 2 is 1.82 bits per heavy atom. The summed E-state index contributed by atoms with van der Waals surface area (Å²) in [7, 11) is 2.34. The number of hydrogen-bond donors (Lipinski definition) is 1. The third-order valence-electron chi connectivity index (χ3n) is 6.13. The van der Waals surface area contributed by atoms with E-state index in [0.29, 0.717) is 17.3 Å². The van der Waals surface area contributed by atoms with Crippen LogP contribution in [0.4, 0.5) is 8.78 Å². The largest absolute Gasteiger partial charge is 0.357 e. The van der Waals surface area contributed by atoms with Crippen molar-refractivity contribution in [2.45, 2.75) is 63.6 Å². The van der Waals surface area contributed by atoms with Crippen LogP contribution in [0.25, 0.3) is 10.9 Å². The molecule has 1 aliphatic rings. The third kappa shape index (κ3) is 4.13. The van der Waals surface area contributed by atoms with Gasteiger partial charge in [0.2, 0.25) is 0 Å². The van der Waals surface area contributed by atoms with Crippen LogP contribution in [0.2, 0.25) is 5.82 Å². The summed E-state index contributed by atoms with van der Waals surface area (Å²) >= 11 is 0. The van der Waals surface area contributed by atoms with Crippen molar-refractivity contribution in [2.75, 3.05) is 0 Å². The molecular weight excluding hydrogens is 353 g/mol. The normalized spacial score (nSPS) is 21.1. The van der Waals surface area contributed by atoms with E-state index in [1.807, 2.05) is 19.2 Å². The van der Waals surface area contributed by atoms with Gasteiger partial charge in [-0.3, -0.25) is 4.98 Å². The van der Waals surface area contributed by atoms with Crippen LogP contribution in [-0.2, 0) is 0 Å². The molecule has 0 spiro atoms. The summed E-state index contributed by atoms with van der Waals surface area (Å²) in [5.74, 6) is 0.447. The summed E-state index contributed by atoms with van der Waals surface area (Å²) in [6.45, 7) is 2.02. The van der Waals surface area contributed by atoms with E-state index in [1.165, 1.54) is 12.3 Å². The van der Waals surface area contributed by atoms with Crippen molar-refractivity contribution >= 4 is 23.6 Å². The molecule has 1 fully saturated rings. The zero-order chi connectivity index (χ0) is 19.5. The van der Waals surface area contributed by atoms with Crippen molar-refractivity contribution in [2.24, 2.45) is 0 Å². The number of benzene rings is 1. The van der Waals surface area contributed by atoms with Crippen molar-refractivity contribution < 1.29 is 8.78 Å². The summed E-state index contributed by atoms with van der Waals surface area (Å²) in [5, 5.41) is 0.973. The first-order chi connectivity index (χ1) is 13.6. The molecule has 2 unspecified atom stereocenters. The SMILES string of the molecule is Cc1[nH]c2c(F)cccc2c1[B]C1CCCCC(c2cncc(F)c2)CCC1. The van der Waals surface area contributed by atoms with Gasteiger partial charge in [-0.2, -0.15) is 0 Å². The predicted molar refractivity (Wildman–Crippen MR) is 111 cm³/mol. The van der Waals surface area contributed by atoms with Gasteiger partial charge in [-0.1, -0.05) is 55.5 Å². The molecular formula is C23H26BF2N2. The molecule has 0 amide bonds. The summed E-state index contributed by atoms with van der Waals surface area (Å²) in [4.78, 5) is 7.24. The standard InChI is InChI=1S/C23H26BF2N2/c1-15-22(20-10-5-11-21(26)23(20)28-15)24-18-8-3-2-6-16(7-4-9-18)17-12-19(25)14-27-13-17/h5,10-14,16,18,28H,2-4,6-9H2,1H3. The van der Waals surface area contributed by atoms with Gasteiger partial charge < -0.3 is 4.98 Å². The average molecular weight is 379 g/mol. The number of rotatable bonds is 3. The van der Waals surface area contributed by atoms with Gasteiger partial charge in [0.1, 0.15) is 11.6 Å². The van der Waals surface area contributed by atoms with Crippen LogP contribution >= 0.6 is 0 Å². The van der Waals surface area contributed by atoms with Crippen molar-refractivity contribution in [3.8, 4) is 0 Å². The Morgan fingerprint density at radius 1 is 1.04 bits per heavy atom. The summed E-state index contributed by atoms with van der Waals surface area (Å²) in [6.07, 6.45) is 10.9. The molecule has 1 aliphatic carbocycles. The Bertz CT molecular complexity index is 953. The van der Waals surface area contributed by atoms with Gasteiger partial charge in [0, 0.05) is 11.9 Å². The number of H-pyrrole nitrogens is 1. The number of nitrogens with one attached hydrogen (secondary N) is 1. The number of hydrogen-bond acceptors (Lipinski definition) is 1. The van der Waals surface area contributed by atoms with E-state index in [9.17, 15) is 8.78 Å². The van der Waals surface area contributed by atoms with E-state index in [4.69, 9.17) is 0 Å². The van der Waals surface area contributed by atoms with Gasteiger partial charge in [0.05, 0.1) is 11.7 Å². The molecule has 28 heavy (non-hydrogen) atoms. The monoisotopic (exact) mass is 379 g/mol. The lowest BCUT2D eigenvalue weighted by molar-refractivity contribution is 0.531. The highest BCUT2D eigenvalue weighted by atomic mass is 19.1. The number of aryl methyl sites for hydroxylation is 1. The fourth-order valence-electron chi connectivity index (χ4n) is 4.65. The van der Waals surface area contributed by atoms with Gasteiger partial charge in [0.25, 0.3) is 0 Å². The predicted octanol–water partition coefficient (Wildman–Crippen LogP) is 5.80. The van der Waals surface area contributed by atoms with Crippen LogP contribution in [0, 0.1) is 18.6 Å². The molecule has 145 valence electrons. The van der Waals surface area contributed by atoms with Crippen molar-refractivity contribution in [3.05, 3.63) is 59.6 Å². The first-order valence-corrected chi connectivity index (χ1v) is 10.3. The molecule has 1 radical (unpaired) electrons. The molecule has 0 aliphatic heterocycles. The van der Waals surface area contributed by atoms with Gasteiger partial charge in [-0.15, -0.1) is 0 Å². The van der Waals surface area contributed by atoms with E-state index in [0.717, 1.165) is 67.1 Å². The Labute approximate surface area is 166 Å². The van der Waals surface area contributed by atoms with Crippen LogP contribution in [0.1, 0.15) is 62.1 Å². The Balaban J connectivity index is 1.46. The summed E-state index contributed by atoms with van der Waals surface area (Å²) in [6, 6.07) is 6.92. The molecule has 0 saturated heterocycles. The number of pyridine rings is 1. The number of halogens is 2. The van der Waals surface area contributed by atoms with Gasteiger partial charge >= 0.3 is 0 Å². The molecule has 0 bridgehead atoms. The van der Waals surface area contributed by atoms with Crippen molar-refractivity contribution in [1.29, 1.82) is 0 Å². The Hall–Kier alpha value is -2.17. The minimum absolute atomic E-state index is 0.193. The molecule has 1 aromatic carbocycles. The topological polar surface area (TPSA) is 28.7 Å². The maximum absolute atomic E-state index is 14.1. The second-order valence-corrected chi connectivity index (χ2v) is 8.10. The van der Waals surface area contributed by atoms with Crippen LogP contribution in [0.15, 0.2) is 36.7 Å². The van der Waals surface area contributed by atoms with Gasteiger partial charge in [-0.25, -0.2) is 8.78 Å². The summed E-state index contributed by atoms with van der Waals surface area (Å²) < 4.78 is 27.6. The highest BCUT2D eigenvalue weighted by Crippen LogP contribution is 2.33. The molecule has 1 saturated carbocycles. The first-order valence-electron chi connectivity index (χ1n) is 10.3. The molecule has 3 aromatic rings. The molecule has 2 aromatic heterocycles. The molecule has 1 N–H and O–H groups in total. The smallest absolute Gasteiger partial charge is 0.158 e. The second-order valence-electron chi connectivity index (χ2n) is 8.10. The van der Waals surface area contributed by atoms with Crippen molar-refractivity contribution in [3.63, 3.8) is 0 Å². The lowest BCUT2D eigenvalue weighted by Crippen LogP contribution is -2.21. The zero-order valence-electron chi connectivity index (χ0n) is 16.3. The Morgan fingerprint density at radius 3 is 2.68 bits per heavy atom. The van der Waals surface area contributed by atoms with E-state index >= 15 is 0 Å². The lowest BCUT2D eigenvalue weighted by Gasteiger charge is -2.16. The quantitative estimate of drug-likeness (QED) is 0.573. The molecule has 2 atom stereocenters. The van der Waals surface area contributed by atoms with E-state index in [-0.39, 0.29) is 11.6 Å². The fraction of sp³-hybridized carbons (Fsp3) is 0.435. The van der Waals surface area contributed by atoms with Crippen LogP contribution in [0.3, 0.4) is 0 Å². The molecule has 2 nitrogen and oxygen atoms in total. The lowest BCUT2D eigenvalue weighted by atomic mass is 9.55. The number of aromatic nitrogens is 2. The van der Waals surface area contributed by atoms with Gasteiger partial charge in [-0.05, 0) is 48.8 Å². The van der Waals surface area contributed by atoms with Crippen LogP contribution in [-0.4, -0.2) is 17.2 Å². The maximum atomic E-state index is 14.1. The third-order valence-corrected chi connectivity index (χ3v) is 6.13. The molecule has 2 heterocycles. The number of fused-ring (bicyclic) bond motifs is 1. The average Bonchev–Trinajstić information content (AvgIpc) is 3.05. The fourth-order valence-corrected chi connectivity index (χ4v) is 4.65. The summed E-state index contributed by atoms with van der Waals surface area (Å²) in [5.41, 5.74) is 3.81. The van der Waals surface area contributed by atoms with Crippen molar-refractivity contribution in [1.82, 2.24) is 9.97 Å². The second kappa shape index (κ2) is 8.46. The van der Waals surface area contributed by atoms with E-state index in [2.05, 4.69) is 17.2 Å². The minimum Gasteiger partial charge on any atom is -0.357 e. The highest BCUT2D eigenvalue weighted by molar-refractivity contribution is 6.59. The number of aromatic amines is 1. The van der Waals surface area contributed by atoms with E-state index < -0.39 is 0 Å². The highest BCUT2D eigenvalue weighted by Gasteiger charge is 2.21. The van der Waals surface area contributed by atoms with Gasteiger partial charge in [0.15, 0.2) is 7.28 Å².